The van der Waals surface area contributed by atoms with Crippen LogP contribution in [0.25, 0.3) is 0 Å². The van der Waals surface area contributed by atoms with Crippen LogP contribution < -0.4 is 15.4 Å². The van der Waals surface area contributed by atoms with E-state index in [0.717, 1.165) is 25.7 Å². The molecule has 6 heteroatoms. The molecule has 154 valence electrons. The summed E-state index contributed by atoms with van der Waals surface area (Å²) in [5.74, 6) is 0.0347. The van der Waals surface area contributed by atoms with E-state index in [1.54, 1.807) is 62.4 Å². The van der Waals surface area contributed by atoms with Gasteiger partial charge in [0.1, 0.15) is 5.75 Å². The molecule has 0 aliphatic heterocycles. The molecule has 0 atom stereocenters. The first-order valence-electron chi connectivity index (χ1n) is 10.0. The highest BCUT2D eigenvalue weighted by atomic mass is 35.5. The molecule has 0 bridgehead atoms. The van der Waals surface area contributed by atoms with Gasteiger partial charge in [-0.15, -0.1) is 0 Å². The Morgan fingerprint density at radius 3 is 2.34 bits per heavy atom. The van der Waals surface area contributed by atoms with Crippen LogP contribution in [0.4, 0.5) is 5.69 Å². The molecular weight excluding hydrogens is 388 g/mol. The van der Waals surface area contributed by atoms with Crippen molar-refractivity contribution in [2.24, 2.45) is 0 Å². The molecule has 1 fully saturated rings. The van der Waals surface area contributed by atoms with Crippen molar-refractivity contribution in [2.45, 2.75) is 57.6 Å². The van der Waals surface area contributed by atoms with E-state index in [2.05, 4.69) is 10.6 Å². The summed E-state index contributed by atoms with van der Waals surface area (Å²) >= 11 is 5.90. The van der Waals surface area contributed by atoms with Crippen LogP contribution in [0.3, 0.4) is 0 Å². The molecule has 1 aliphatic rings. The van der Waals surface area contributed by atoms with E-state index in [1.165, 1.54) is 6.42 Å². The van der Waals surface area contributed by atoms with Crippen molar-refractivity contribution < 1.29 is 14.3 Å². The second-order valence-corrected chi connectivity index (χ2v) is 8.31. The van der Waals surface area contributed by atoms with E-state index in [1.807, 2.05) is 0 Å². The van der Waals surface area contributed by atoms with Gasteiger partial charge in [-0.1, -0.05) is 43.0 Å². The predicted molar refractivity (Wildman–Crippen MR) is 116 cm³/mol. The summed E-state index contributed by atoms with van der Waals surface area (Å²) in [5, 5.41) is 6.54. The van der Waals surface area contributed by atoms with Gasteiger partial charge in [-0.25, -0.2) is 0 Å². The highest BCUT2D eigenvalue weighted by Gasteiger charge is 2.31. The molecule has 0 unspecified atom stereocenters. The van der Waals surface area contributed by atoms with Crippen molar-refractivity contribution in [2.75, 3.05) is 5.32 Å². The first-order chi connectivity index (χ1) is 13.8. The fourth-order valence-electron chi connectivity index (χ4n) is 3.42. The highest BCUT2D eigenvalue weighted by Crippen LogP contribution is 2.24. The molecule has 5 nitrogen and oxygen atoms in total. The first-order valence-corrected chi connectivity index (χ1v) is 10.4. The van der Waals surface area contributed by atoms with Gasteiger partial charge >= 0.3 is 0 Å². The van der Waals surface area contributed by atoms with Crippen LogP contribution in [0.1, 0.15) is 56.3 Å². The Kier molecular flexibility index (Phi) is 6.80. The van der Waals surface area contributed by atoms with Gasteiger partial charge in [0.05, 0.1) is 11.3 Å². The molecule has 2 aromatic carbocycles. The van der Waals surface area contributed by atoms with Crippen molar-refractivity contribution in [1.29, 1.82) is 0 Å². The summed E-state index contributed by atoms with van der Waals surface area (Å²) in [7, 11) is 0. The van der Waals surface area contributed by atoms with Crippen LogP contribution in [-0.2, 0) is 4.79 Å². The maximum atomic E-state index is 12.9. The van der Waals surface area contributed by atoms with Gasteiger partial charge in [-0.2, -0.15) is 0 Å². The van der Waals surface area contributed by atoms with Crippen LogP contribution in [0.2, 0.25) is 5.02 Å². The molecule has 2 aromatic rings. The summed E-state index contributed by atoms with van der Waals surface area (Å²) in [5.41, 5.74) is -0.215. The average Bonchev–Trinajstić information content (AvgIpc) is 2.70. The normalized spacial score (nSPS) is 14.9. The van der Waals surface area contributed by atoms with Gasteiger partial charge in [-0.05, 0) is 63.1 Å². The predicted octanol–water partition coefficient (Wildman–Crippen LogP) is 5.20. The number of nitrogens with one attached hydrogen (secondary N) is 2. The lowest BCUT2D eigenvalue weighted by molar-refractivity contribution is -0.128. The van der Waals surface area contributed by atoms with Crippen LogP contribution in [0, 0.1) is 0 Å². The standard InChI is InChI=1S/C23H27ClN2O3/c1-23(2,29-18-14-12-16(24)13-15-18)22(28)26-20-11-7-6-10-19(20)21(27)25-17-8-4-3-5-9-17/h6-7,10-15,17H,3-5,8-9H2,1-2H3,(H,25,27)(H,26,28). The zero-order chi connectivity index (χ0) is 20.9. The summed E-state index contributed by atoms with van der Waals surface area (Å²) in [4.78, 5) is 25.7. The molecule has 1 saturated carbocycles. The topological polar surface area (TPSA) is 67.4 Å². The van der Waals surface area contributed by atoms with Crippen molar-refractivity contribution in [3.8, 4) is 5.75 Å². The fraction of sp³-hybridized carbons (Fsp3) is 0.391. The fourth-order valence-corrected chi connectivity index (χ4v) is 3.54. The number of halogens is 1. The minimum Gasteiger partial charge on any atom is -0.478 e. The molecule has 1 aliphatic carbocycles. The molecule has 2 N–H and O–H groups in total. The highest BCUT2D eigenvalue weighted by molar-refractivity contribution is 6.30. The van der Waals surface area contributed by atoms with Gasteiger partial charge in [0.2, 0.25) is 0 Å². The van der Waals surface area contributed by atoms with Crippen molar-refractivity contribution in [3.63, 3.8) is 0 Å². The zero-order valence-electron chi connectivity index (χ0n) is 16.8. The minimum atomic E-state index is -1.14. The maximum absolute atomic E-state index is 12.9. The quantitative estimate of drug-likeness (QED) is 0.682. The second kappa shape index (κ2) is 9.31. The summed E-state index contributed by atoms with van der Waals surface area (Å²) in [6.45, 7) is 3.36. The Hall–Kier alpha value is -2.53. The molecule has 0 spiro atoms. The molecule has 29 heavy (non-hydrogen) atoms. The number of amides is 2. The molecule has 2 amide bonds. The number of para-hydroxylation sites is 1. The Balaban J connectivity index is 1.69. The van der Waals surface area contributed by atoms with Crippen molar-refractivity contribution in [1.82, 2.24) is 5.32 Å². The van der Waals surface area contributed by atoms with Gasteiger partial charge in [-0.3, -0.25) is 9.59 Å². The number of anilines is 1. The van der Waals surface area contributed by atoms with Crippen LogP contribution in [0.15, 0.2) is 48.5 Å². The van der Waals surface area contributed by atoms with E-state index in [4.69, 9.17) is 16.3 Å². The van der Waals surface area contributed by atoms with Crippen molar-refractivity contribution in [3.05, 3.63) is 59.1 Å². The molecule has 0 aromatic heterocycles. The second-order valence-electron chi connectivity index (χ2n) is 7.87. The molecule has 3 rings (SSSR count). The smallest absolute Gasteiger partial charge is 0.267 e. The maximum Gasteiger partial charge on any atom is 0.267 e. The molecular formula is C23H27ClN2O3. The lowest BCUT2D eigenvalue weighted by atomic mass is 9.95. The SMILES string of the molecule is CC(C)(Oc1ccc(Cl)cc1)C(=O)Nc1ccccc1C(=O)NC1CCCCC1. The Labute approximate surface area is 176 Å². The lowest BCUT2D eigenvalue weighted by Crippen LogP contribution is -2.43. The Morgan fingerprint density at radius 2 is 1.66 bits per heavy atom. The van der Waals surface area contributed by atoms with E-state index >= 15 is 0 Å². The number of hydrogen-bond acceptors (Lipinski definition) is 3. The largest absolute Gasteiger partial charge is 0.478 e. The Morgan fingerprint density at radius 1 is 1.00 bits per heavy atom. The lowest BCUT2D eigenvalue weighted by Gasteiger charge is -2.26. The van der Waals surface area contributed by atoms with E-state index in [0.29, 0.717) is 22.0 Å². The molecule has 0 radical (unpaired) electrons. The number of carbonyl (C=O) groups is 2. The third-order valence-corrected chi connectivity index (χ3v) is 5.35. The van der Waals surface area contributed by atoms with Gasteiger partial charge in [0, 0.05) is 11.1 Å². The first kappa shape index (κ1) is 21.2. The number of carbonyl (C=O) groups excluding carboxylic acids is 2. The van der Waals surface area contributed by atoms with E-state index < -0.39 is 5.60 Å². The number of rotatable bonds is 6. The third kappa shape index (κ3) is 5.73. The number of ether oxygens (including phenoxy) is 1. The summed E-state index contributed by atoms with van der Waals surface area (Å²) in [6.07, 6.45) is 5.51. The van der Waals surface area contributed by atoms with Crippen LogP contribution in [-0.4, -0.2) is 23.5 Å². The molecule has 0 heterocycles. The average molecular weight is 415 g/mol. The van der Waals surface area contributed by atoms with Gasteiger partial charge in [0.25, 0.3) is 11.8 Å². The van der Waals surface area contributed by atoms with Crippen molar-refractivity contribution >= 4 is 29.1 Å². The van der Waals surface area contributed by atoms with Gasteiger partial charge in [0.15, 0.2) is 5.60 Å². The monoisotopic (exact) mass is 414 g/mol. The number of hydrogen-bond donors (Lipinski definition) is 2. The Bertz CT molecular complexity index is 859. The third-order valence-electron chi connectivity index (χ3n) is 5.09. The van der Waals surface area contributed by atoms with E-state index in [-0.39, 0.29) is 17.9 Å². The summed E-state index contributed by atoms with van der Waals surface area (Å²) in [6, 6.07) is 14.1. The summed E-state index contributed by atoms with van der Waals surface area (Å²) < 4.78 is 5.84. The molecule has 0 saturated heterocycles. The number of benzene rings is 2. The minimum absolute atomic E-state index is 0.163. The van der Waals surface area contributed by atoms with Crippen LogP contribution in [0.5, 0.6) is 5.75 Å². The van der Waals surface area contributed by atoms with Crippen LogP contribution >= 0.6 is 11.6 Å². The van der Waals surface area contributed by atoms with Gasteiger partial charge < -0.3 is 15.4 Å². The zero-order valence-corrected chi connectivity index (χ0v) is 17.6. The van der Waals surface area contributed by atoms with E-state index in [9.17, 15) is 9.59 Å².